The van der Waals surface area contributed by atoms with Gasteiger partial charge in [0.25, 0.3) is 0 Å². The predicted molar refractivity (Wildman–Crippen MR) is 74.7 cm³/mol. The molecular weight excluding hydrogens is 264 g/mol. The molecule has 19 heavy (non-hydrogen) atoms. The quantitative estimate of drug-likeness (QED) is 0.925. The lowest BCUT2D eigenvalue weighted by atomic mass is 10.0. The van der Waals surface area contributed by atoms with Crippen LogP contribution in [0.4, 0.5) is 0 Å². The number of likely N-dealkylation sites (tertiary alicyclic amines) is 1. The predicted octanol–water partition coefficient (Wildman–Crippen LogP) is 2.41. The maximum absolute atomic E-state index is 6.25. The average molecular weight is 283 g/mol. The summed E-state index contributed by atoms with van der Waals surface area (Å²) in [6.45, 7) is 5.29. The normalized spacial score (nSPS) is 23.8. The van der Waals surface area contributed by atoms with Crippen molar-refractivity contribution in [2.24, 2.45) is 11.7 Å². The summed E-state index contributed by atoms with van der Waals surface area (Å²) in [6, 6.07) is 4.17. The summed E-state index contributed by atoms with van der Waals surface area (Å²) in [5.41, 5.74) is 7.09. The molecule has 0 radical (unpaired) electrons. The minimum atomic E-state index is 0.206. The van der Waals surface area contributed by atoms with Gasteiger partial charge in [0.05, 0.1) is 5.02 Å². The van der Waals surface area contributed by atoms with Crippen molar-refractivity contribution >= 4 is 11.6 Å². The molecule has 1 aromatic carbocycles. The van der Waals surface area contributed by atoms with E-state index in [1.165, 1.54) is 6.42 Å². The first-order valence-corrected chi connectivity index (χ1v) is 7.10. The van der Waals surface area contributed by atoms with Gasteiger partial charge < -0.3 is 15.2 Å². The third kappa shape index (κ3) is 2.40. The maximum Gasteiger partial charge on any atom is 0.231 e. The number of nitrogens with zero attached hydrogens (tertiary/aromatic N) is 1. The second-order valence-corrected chi connectivity index (χ2v) is 5.78. The number of fused-ring (bicyclic) bond motifs is 1. The largest absolute Gasteiger partial charge is 0.454 e. The zero-order valence-electron chi connectivity index (χ0n) is 11.1. The van der Waals surface area contributed by atoms with Crippen molar-refractivity contribution in [3.05, 3.63) is 22.7 Å². The van der Waals surface area contributed by atoms with E-state index in [0.29, 0.717) is 17.3 Å². The fourth-order valence-electron chi connectivity index (χ4n) is 2.93. The molecule has 2 atom stereocenters. The SMILES string of the molecule is CC1CCN(C(CN)c2cc(Cl)c3c(c2)OCO3)C1. The van der Waals surface area contributed by atoms with Crippen LogP contribution in [0.15, 0.2) is 12.1 Å². The van der Waals surface area contributed by atoms with Gasteiger partial charge in [0.2, 0.25) is 6.79 Å². The fraction of sp³-hybridized carbons (Fsp3) is 0.571. The number of halogens is 1. The molecule has 1 aromatic rings. The van der Waals surface area contributed by atoms with Crippen LogP contribution in [0.3, 0.4) is 0 Å². The molecule has 0 aliphatic carbocycles. The zero-order chi connectivity index (χ0) is 13.4. The Morgan fingerprint density at radius 3 is 3.00 bits per heavy atom. The van der Waals surface area contributed by atoms with E-state index in [1.54, 1.807) is 0 Å². The van der Waals surface area contributed by atoms with Gasteiger partial charge in [-0.25, -0.2) is 0 Å². The van der Waals surface area contributed by atoms with Gasteiger partial charge in [-0.1, -0.05) is 18.5 Å². The van der Waals surface area contributed by atoms with Gasteiger partial charge in [0, 0.05) is 19.1 Å². The second kappa shape index (κ2) is 5.19. The highest BCUT2D eigenvalue weighted by Gasteiger charge is 2.28. The number of ether oxygens (including phenoxy) is 2. The summed E-state index contributed by atoms with van der Waals surface area (Å²) in [5, 5.41) is 0.607. The lowest BCUT2D eigenvalue weighted by Crippen LogP contribution is -2.31. The Bertz CT molecular complexity index is 481. The Morgan fingerprint density at radius 1 is 1.47 bits per heavy atom. The van der Waals surface area contributed by atoms with Gasteiger partial charge in [0.1, 0.15) is 0 Å². The van der Waals surface area contributed by atoms with Gasteiger partial charge in [-0.3, -0.25) is 4.90 Å². The van der Waals surface area contributed by atoms with Crippen LogP contribution < -0.4 is 15.2 Å². The smallest absolute Gasteiger partial charge is 0.231 e. The van der Waals surface area contributed by atoms with Crippen molar-refractivity contribution in [2.75, 3.05) is 26.4 Å². The van der Waals surface area contributed by atoms with E-state index in [4.69, 9.17) is 26.8 Å². The molecule has 0 saturated carbocycles. The van der Waals surface area contributed by atoms with Crippen molar-refractivity contribution < 1.29 is 9.47 Å². The number of benzene rings is 1. The number of hydrogen-bond acceptors (Lipinski definition) is 4. The molecule has 2 N–H and O–H groups in total. The Morgan fingerprint density at radius 2 is 2.32 bits per heavy atom. The number of rotatable bonds is 3. The van der Waals surface area contributed by atoms with Crippen LogP contribution in [0.5, 0.6) is 11.5 Å². The van der Waals surface area contributed by atoms with Crippen LogP contribution in [0.1, 0.15) is 24.9 Å². The molecule has 5 heteroatoms. The average Bonchev–Trinajstić information content (AvgIpc) is 2.99. The van der Waals surface area contributed by atoms with Gasteiger partial charge >= 0.3 is 0 Å². The van der Waals surface area contributed by atoms with Crippen LogP contribution >= 0.6 is 11.6 Å². The lowest BCUT2D eigenvalue weighted by molar-refractivity contribution is 0.174. The monoisotopic (exact) mass is 282 g/mol. The van der Waals surface area contributed by atoms with E-state index >= 15 is 0 Å². The van der Waals surface area contributed by atoms with E-state index in [2.05, 4.69) is 11.8 Å². The number of nitrogens with two attached hydrogens (primary N) is 1. The first kappa shape index (κ1) is 13.0. The number of hydrogen-bond donors (Lipinski definition) is 1. The molecule has 2 aliphatic heterocycles. The van der Waals surface area contributed by atoms with Crippen molar-refractivity contribution in [3.8, 4) is 11.5 Å². The summed E-state index contributed by atoms with van der Waals surface area (Å²) in [5.74, 6) is 2.11. The molecule has 0 bridgehead atoms. The highest BCUT2D eigenvalue weighted by Crippen LogP contribution is 2.42. The Labute approximate surface area is 118 Å². The van der Waals surface area contributed by atoms with Gasteiger partial charge in [-0.15, -0.1) is 0 Å². The van der Waals surface area contributed by atoms with Crippen molar-refractivity contribution in [1.29, 1.82) is 0 Å². The molecule has 2 aliphatic rings. The van der Waals surface area contributed by atoms with Gasteiger partial charge in [-0.05, 0) is 36.6 Å². The molecular formula is C14H19ClN2O2. The van der Waals surface area contributed by atoms with Crippen LogP contribution in [0, 0.1) is 5.92 Å². The standard InChI is InChI=1S/C14H19ClN2O2/c1-9-2-3-17(7-9)12(6-16)10-4-11(15)14-13(5-10)18-8-19-14/h4-5,9,12H,2-3,6-8,16H2,1H3. The topological polar surface area (TPSA) is 47.7 Å². The summed E-state index contributed by atoms with van der Waals surface area (Å²) >= 11 is 6.25. The van der Waals surface area contributed by atoms with Crippen molar-refractivity contribution in [1.82, 2.24) is 4.90 Å². The molecule has 104 valence electrons. The summed E-state index contributed by atoms with van der Waals surface area (Å²) in [6.07, 6.45) is 1.23. The third-order valence-corrected chi connectivity index (χ3v) is 4.23. The van der Waals surface area contributed by atoms with E-state index in [9.17, 15) is 0 Å². The molecule has 0 aromatic heterocycles. The van der Waals surface area contributed by atoms with Crippen LogP contribution in [-0.4, -0.2) is 31.3 Å². The van der Waals surface area contributed by atoms with Gasteiger partial charge in [0.15, 0.2) is 11.5 Å². The molecule has 0 amide bonds. The fourth-order valence-corrected chi connectivity index (χ4v) is 3.20. The van der Waals surface area contributed by atoms with Crippen LogP contribution in [-0.2, 0) is 0 Å². The highest BCUT2D eigenvalue weighted by atomic mass is 35.5. The molecule has 4 nitrogen and oxygen atoms in total. The van der Waals surface area contributed by atoms with Gasteiger partial charge in [-0.2, -0.15) is 0 Å². The minimum absolute atomic E-state index is 0.206. The van der Waals surface area contributed by atoms with Crippen molar-refractivity contribution in [2.45, 2.75) is 19.4 Å². The lowest BCUT2D eigenvalue weighted by Gasteiger charge is -2.27. The van der Waals surface area contributed by atoms with E-state index < -0.39 is 0 Å². The summed E-state index contributed by atoms with van der Waals surface area (Å²) in [7, 11) is 0. The maximum atomic E-state index is 6.25. The third-order valence-electron chi connectivity index (χ3n) is 3.95. The van der Waals surface area contributed by atoms with E-state index in [-0.39, 0.29) is 12.8 Å². The van der Waals surface area contributed by atoms with Crippen LogP contribution in [0.2, 0.25) is 5.02 Å². The minimum Gasteiger partial charge on any atom is -0.454 e. The van der Waals surface area contributed by atoms with E-state index in [0.717, 1.165) is 30.3 Å². The van der Waals surface area contributed by atoms with Crippen LogP contribution in [0.25, 0.3) is 0 Å². The Kier molecular flexibility index (Phi) is 3.56. The molecule has 3 rings (SSSR count). The molecule has 1 fully saturated rings. The highest BCUT2D eigenvalue weighted by molar-refractivity contribution is 6.32. The zero-order valence-corrected chi connectivity index (χ0v) is 11.8. The summed E-state index contributed by atoms with van der Waals surface area (Å²) in [4.78, 5) is 2.43. The first-order chi connectivity index (χ1) is 9.19. The Balaban J connectivity index is 1.89. The Hall–Kier alpha value is -0.970. The van der Waals surface area contributed by atoms with Crippen molar-refractivity contribution in [3.63, 3.8) is 0 Å². The molecule has 2 unspecified atom stereocenters. The summed E-state index contributed by atoms with van der Waals surface area (Å²) < 4.78 is 10.8. The second-order valence-electron chi connectivity index (χ2n) is 5.38. The molecule has 1 saturated heterocycles. The first-order valence-electron chi connectivity index (χ1n) is 6.72. The van der Waals surface area contributed by atoms with E-state index in [1.807, 2.05) is 12.1 Å². The molecule has 2 heterocycles. The molecule has 0 spiro atoms.